The maximum Gasteiger partial charge on any atom is 0.354 e. The van der Waals surface area contributed by atoms with Crippen LogP contribution in [0.25, 0.3) is 16.7 Å². The van der Waals surface area contributed by atoms with Crippen LogP contribution in [0.15, 0.2) is 36.5 Å². The molecule has 1 N–H and O–H groups in total. The molecule has 0 radical (unpaired) electrons. The molecule has 1 aliphatic carbocycles. The molecule has 0 bridgehead atoms. The van der Waals surface area contributed by atoms with Gasteiger partial charge in [0.1, 0.15) is 0 Å². The van der Waals surface area contributed by atoms with E-state index in [2.05, 4.69) is 16.1 Å². The largest absolute Gasteiger partial charge is 0.477 e. The molecule has 0 saturated heterocycles. The molecule has 5 nitrogen and oxygen atoms in total. The summed E-state index contributed by atoms with van der Waals surface area (Å²) in [6, 6.07) is 9.08. The molecule has 1 fully saturated rings. The van der Waals surface area contributed by atoms with Crippen LogP contribution >= 0.6 is 11.6 Å². The predicted octanol–water partition coefficient (Wildman–Crippen LogP) is 4.04. The van der Waals surface area contributed by atoms with E-state index in [0.717, 1.165) is 21.7 Å². The Kier molecular flexibility index (Phi) is 3.31. The van der Waals surface area contributed by atoms with Gasteiger partial charge < -0.3 is 5.11 Å². The van der Waals surface area contributed by atoms with Crippen molar-refractivity contribution in [2.75, 3.05) is 0 Å². The summed E-state index contributed by atoms with van der Waals surface area (Å²) >= 11 is 6.32. The number of carbonyl (C=O) groups is 1. The Morgan fingerprint density at radius 1 is 1.26 bits per heavy atom. The number of nitrogens with zero attached hydrogens (tertiary/aromatic N) is 3. The minimum atomic E-state index is -1.06. The zero-order chi connectivity index (χ0) is 16.0. The highest BCUT2D eigenvalue weighted by molar-refractivity contribution is 6.31. The summed E-state index contributed by atoms with van der Waals surface area (Å²) in [5.41, 5.74) is 2.49. The Labute approximate surface area is 137 Å². The highest BCUT2D eigenvalue weighted by Crippen LogP contribution is 2.40. The second-order valence-corrected chi connectivity index (χ2v) is 6.23. The van der Waals surface area contributed by atoms with Crippen molar-refractivity contribution in [3.05, 3.63) is 52.8 Å². The van der Waals surface area contributed by atoms with Crippen molar-refractivity contribution in [3.63, 3.8) is 0 Å². The lowest BCUT2D eigenvalue weighted by atomic mass is 9.80. The van der Waals surface area contributed by atoms with Gasteiger partial charge in [0.15, 0.2) is 11.3 Å². The number of benzene rings is 1. The number of pyridine rings is 1. The first kappa shape index (κ1) is 14.2. The van der Waals surface area contributed by atoms with Crippen molar-refractivity contribution in [2.45, 2.75) is 25.2 Å². The molecule has 6 heteroatoms. The molecule has 0 unspecified atom stereocenters. The summed E-state index contributed by atoms with van der Waals surface area (Å²) in [6.07, 6.45) is 5.45. The first-order valence-corrected chi connectivity index (χ1v) is 7.89. The van der Waals surface area contributed by atoms with Gasteiger partial charge >= 0.3 is 5.97 Å². The molecule has 0 spiro atoms. The smallest absolute Gasteiger partial charge is 0.354 e. The van der Waals surface area contributed by atoms with Gasteiger partial charge in [-0.1, -0.05) is 18.0 Å². The molecule has 2 aromatic heterocycles. The summed E-state index contributed by atoms with van der Waals surface area (Å²) in [4.78, 5) is 15.1. The second-order valence-electron chi connectivity index (χ2n) is 5.82. The van der Waals surface area contributed by atoms with Crippen LogP contribution in [-0.2, 0) is 0 Å². The van der Waals surface area contributed by atoms with E-state index >= 15 is 0 Å². The highest BCUT2D eigenvalue weighted by atomic mass is 35.5. The fraction of sp³-hybridized carbons (Fsp3) is 0.235. The van der Waals surface area contributed by atoms with E-state index in [4.69, 9.17) is 16.7 Å². The Morgan fingerprint density at radius 2 is 2.09 bits per heavy atom. The minimum absolute atomic E-state index is 0.00554. The lowest BCUT2D eigenvalue weighted by Gasteiger charge is -2.27. The van der Waals surface area contributed by atoms with E-state index in [0.29, 0.717) is 11.6 Å². The molecular formula is C17H14ClN3O2. The van der Waals surface area contributed by atoms with Crippen molar-refractivity contribution in [1.29, 1.82) is 0 Å². The Balaban J connectivity index is 1.78. The quantitative estimate of drug-likeness (QED) is 0.788. The molecule has 0 amide bonds. The summed E-state index contributed by atoms with van der Waals surface area (Å²) in [6.45, 7) is 0. The van der Waals surface area contributed by atoms with Crippen LogP contribution < -0.4 is 0 Å². The molecule has 1 aliphatic rings. The van der Waals surface area contributed by atoms with E-state index in [1.807, 2.05) is 18.3 Å². The van der Waals surface area contributed by atoms with Gasteiger partial charge in [-0.2, -0.15) is 0 Å². The summed E-state index contributed by atoms with van der Waals surface area (Å²) in [5.74, 6) is -0.524. The molecule has 1 aromatic carbocycles. The van der Waals surface area contributed by atoms with Crippen LogP contribution in [0.2, 0.25) is 5.02 Å². The average Bonchev–Trinajstić information content (AvgIpc) is 2.90. The van der Waals surface area contributed by atoms with Crippen LogP contribution in [0.1, 0.15) is 41.2 Å². The van der Waals surface area contributed by atoms with Gasteiger partial charge in [-0.05, 0) is 54.7 Å². The average molecular weight is 328 g/mol. The standard InChI is InChI=1S/C17H14ClN3O2/c18-14-6-5-12(8-13(14)10-2-1-3-10)21-9-11-4-7-15(17(22)23)19-16(11)20-21/h4-10H,1-3H2,(H,22,23). The monoisotopic (exact) mass is 327 g/mol. The van der Waals surface area contributed by atoms with Gasteiger partial charge in [0.05, 0.1) is 5.69 Å². The van der Waals surface area contributed by atoms with E-state index in [1.165, 1.54) is 25.3 Å². The Morgan fingerprint density at radius 3 is 2.78 bits per heavy atom. The molecule has 1 saturated carbocycles. The Hall–Kier alpha value is -2.40. The molecule has 23 heavy (non-hydrogen) atoms. The second kappa shape index (κ2) is 5.35. The van der Waals surface area contributed by atoms with Gasteiger partial charge in [-0.3, -0.25) is 0 Å². The summed E-state index contributed by atoms with van der Waals surface area (Å²) < 4.78 is 1.72. The number of halogens is 1. The fourth-order valence-electron chi connectivity index (χ4n) is 2.86. The molecule has 4 rings (SSSR count). The van der Waals surface area contributed by atoms with Gasteiger partial charge in [-0.25, -0.2) is 14.5 Å². The normalized spacial score (nSPS) is 14.8. The van der Waals surface area contributed by atoms with Gasteiger partial charge in [0.2, 0.25) is 0 Å². The molecular weight excluding hydrogens is 314 g/mol. The van der Waals surface area contributed by atoms with Crippen LogP contribution in [0, 0.1) is 0 Å². The maximum absolute atomic E-state index is 11.0. The van der Waals surface area contributed by atoms with Crippen LogP contribution in [0.3, 0.4) is 0 Å². The van der Waals surface area contributed by atoms with Crippen molar-refractivity contribution in [1.82, 2.24) is 14.8 Å². The van der Waals surface area contributed by atoms with Crippen molar-refractivity contribution >= 4 is 28.6 Å². The first-order chi connectivity index (χ1) is 11.1. The third kappa shape index (κ3) is 2.47. The molecule has 0 atom stereocenters. The highest BCUT2D eigenvalue weighted by Gasteiger charge is 2.22. The van der Waals surface area contributed by atoms with E-state index in [1.54, 1.807) is 10.7 Å². The number of hydrogen-bond acceptors (Lipinski definition) is 3. The van der Waals surface area contributed by atoms with E-state index in [9.17, 15) is 4.79 Å². The molecule has 2 heterocycles. The lowest BCUT2D eigenvalue weighted by Crippen LogP contribution is -2.10. The number of fused-ring (bicyclic) bond motifs is 1. The van der Waals surface area contributed by atoms with Crippen molar-refractivity contribution < 1.29 is 9.90 Å². The fourth-order valence-corrected chi connectivity index (χ4v) is 3.13. The van der Waals surface area contributed by atoms with Crippen molar-refractivity contribution in [3.8, 4) is 5.69 Å². The number of aromatic nitrogens is 3. The molecule has 3 aromatic rings. The number of carboxylic acids is 1. The summed E-state index contributed by atoms with van der Waals surface area (Å²) in [7, 11) is 0. The van der Waals surface area contributed by atoms with E-state index < -0.39 is 5.97 Å². The van der Waals surface area contributed by atoms with Gasteiger partial charge in [-0.15, -0.1) is 5.10 Å². The topological polar surface area (TPSA) is 68.0 Å². The third-order valence-electron chi connectivity index (χ3n) is 4.38. The molecule has 116 valence electrons. The SMILES string of the molecule is O=C(O)c1ccc2cn(-c3ccc(Cl)c(C4CCC4)c3)nc2n1. The van der Waals surface area contributed by atoms with E-state index in [-0.39, 0.29) is 5.69 Å². The number of carboxylic acid groups (broad SMARTS) is 1. The lowest BCUT2D eigenvalue weighted by molar-refractivity contribution is 0.0691. The number of aromatic carboxylic acids is 1. The number of hydrogen-bond donors (Lipinski definition) is 1. The van der Waals surface area contributed by atoms with Gasteiger partial charge in [0.25, 0.3) is 0 Å². The minimum Gasteiger partial charge on any atom is -0.477 e. The Bertz CT molecular complexity index is 915. The van der Waals surface area contributed by atoms with Crippen molar-refractivity contribution in [2.24, 2.45) is 0 Å². The summed E-state index contributed by atoms with van der Waals surface area (Å²) in [5, 5.41) is 15.0. The third-order valence-corrected chi connectivity index (χ3v) is 4.72. The number of rotatable bonds is 3. The predicted molar refractivity (Wildman–Crippen MR) is 87.4 cm³/mol. The first-order valence-electron chi connectivity index (χ1n) is 7.51. The van der Waals surface area contributed by atoms with Crippen LogP contribution in [-0.4, -0.2) is 25.8 Å². The van der Waals surface area contributed by atoms with Crippen LogP contribution in [0.4, 0.5) is 0 Å². The zero-order valence-corrected chi connectivity index (χ0v) is 13.0. The maximum atomic E-state index is 11.0. The molecule has 0 aliphatic heterocycles. The van der Waals surface area contributed by atoms with Gasteiger partial charge in [0, 0.05) is 16.6 Å². The zero-order valence-electron chi connectivity index (χ0n) is 12.2. The van der Waals surface area contributed by atoms with Crippen LogP contribution in [0.5, 0.6) is 0 Å².